The van der Waals surface area contributed by atoms with E-state index in [1.54, 1.807) is 24.3 Å². The monoisotopic (exact) mass is 282 g/mol. The summed E-state index contributed by atoms with van der Waals surface area (Å²) in [6.45, 7) is 0. The van der Waals surface area contributed by atoms with Crippen LogP contribution in [-0.2, 0) is 4.79 Å². The fourth-order valence-corrected chi connectivity index (χ4v) is 2.96. The Morgan fingerprint density at radius 3 is 2.32 bits per heavy atom. The van der Waals surface area contributed by atoms with Crippen LogP contribution in [0, 0.1) is 0 Å². The Morgan fingerprint density at radius 2 is 1.79 bits per heavy atom. The first-order valence-corrected chi connectivity index (χ1v) is 7.09. The predicted octanol–water partition coefficient (Wildman–Crippen LogP) is 3.59. The maximum Gasteiger partial charge on any atom is 0.311 e. The molecular formula is C15H19ClO3. The minimum Gasteiger partial charge on any atom is -0.481 e. The maximum absolute atomic E-state index is 11.5. The summed E-state index contributed by atoms with van der Waals surface area (Å²) in [7, 11) is 0. The van der Waals surface area contributed by atoms with E-state index >= 15 is 0 Å². The zero-order valence-electron chi connectivity index (χ0n) is 10.8. The number of carbonyl (C=O) groups is 1. The van der Waals surface area contributed by atoms with Crippen molar-refractivity contribution in [2.75, 3.05) is 0 Å². The molecule has 3 nitrogen and oxygen atoms in total. The molecule has 0 spiro atoms. The third-order valence-electron chi connectivity index (χ3n) is 3.94. The van der Waals surface area contributed by atoms with Gasteiger partial charge in [-0.15, -0.1) is 0 Å². The lowest BCUT2D eigenvalue weighted by Gasteiger charge is -2.34. The average Bonchev–Trinajstić information content (AvgIpc) is 2.38. The van der Waals surface area contributed by atoms with Gasteiger partial charge < -0.3 is 10.2 Å². The molecule has 1 aromatic rings. The average molecular weight is 283 g/mol. The minimum absolute atomic E-state index is 0.282. The summed E-state index contributed by atoms with van der Waals surface area (Å²) in [5, 5.41) is 20.5. The van der Waals surface area contributed by atoms with Crippen molar-refractivity contribution in [3.8, 4) is 0 Å². The van der Waals surface area contributed by atoms with Crippen LogP contribution in [0.15, 0.2) is 24.3 Å². The molecule has 2 rings (SSSR count). The Hall–Kier alpha value is -1.06. The van der Waals surface area contributed by atoms with Crippen LogP contribution in [0.5, 0.6) is 0 Å². The van der Waals surface area contributed by atoms with Gasteiger partial charge in [0.1, 0.15) is 0 Å². The number of carboxylic acid groups (broad SMARTS) is 1. The van der Waals surface area contributed by atoms with Gasteiger partial charge in [0.25, 0.3) is 0 Å². The summed E-state index contributed by atoms with van der Waals surface area (Å²) < 4.78 is 0. The molecule has 1 unspecified atom stereocenters. The lowest BCUT2D eigenvalue weighted by molar-refractivity contribution is -0.141. The highest BCUT2D eigenvalue weighted by Crippen LogP contribution is 2.36. The van der Waals surface area contributed by atoms with E-state index in [0.29, 0.717) is 23.4 Å². The minimum atomic E-state index is -0.888. The van der Waals surface area contributed by atoms with Crippen LogP contribution < -0.4 is 0 Å². The molecular weight excluding hydrogens is 264 g/mol. The second-order valence-electron chi connectivity index (χ2n) is 5.43. The zero-order valence-corrected chi connectivity index (χ0v) is 11.6. The number of benzene rings is 1. The summed E-state index contributed by atoms with van der Waals surface area (Å²) in [6.07, 6.45) is 4.76. The number of hydrogen-bond acceptors (Lipinski definition) is 2. The molecule has 19 heavy (non-hydrogen) atoms. The third-order valence-corrected chi connectivity index (χ3v) is 4.19. The molecule has 0 amide bonds. The maximum atomic E-state index is 11.5. The molecule has 1 fully saturated rings. The molecule has 1 aromatic carbocycles. The summed E-state index contributed by atoms with van der Waals surface area (Å²) in [5.41, 5.74) is -0.128. The molecule has 0 aromatic heterocycles. The Bertz CT molecular complexity index is 435. The lowest BCUT2D eigenvalue weighted by Crippen LogP contribution is -2.35. The van der Waals surface area contributed by atoms with E-state index in [0.717, 1.165) is 19.3 Å². The third kappa shape index (κ3) is 3.71. The van der Waals surface area contributed by atoms with Gasteiger partial charge in [-0.25, -0.2) is 0 Å². The fraction of sp³-hybridized carbons (Fsp3) is 0.533. The molecule has 1 saturated carbocycles. The van der Waals surface area contributed by atoms with E-state index in [9.17, 15) is 15.0 Å². The first-order chi connectivity index (χ1) is 9.00. The van der Waals surface area contributed by atoms with Gasteiger partial charge in [0.2, 0.25) is 0 Å². The zero-order chi connectivity index (χ0) is 13.9. The topological polar surface area (TPSA) is 57.5 Å². The number of hydrogen-bond donors (Lipinski definition) is 2. The van der Waals surface area contributed by atoms with Crippen molar-refractivity contribution in [1.82, 2.24) is 0 Å². The standard InChI is InChI=1S/C15H19ClO3/c16-12-6-4-11(5-7-12)13(14(17)18)10-15(19)8-2-1-3-9-15/h4-7,13,19H,1-3,8-10H2,(H,17,18). The molecule has 1 aliphatic carbocycles. The van der Waals surface area contributed by atoms with Crippen molar-refractivity contribution in [1.29, 1.82) is 0 Å². The SMILES string of the molecule is O=C(O)C(CC1(O)CCCCC1)c1ccc(Cl)cc1. The molecule has 0 heterocycles. The first kappa shape index (κ1) is 14.4. The highest BCUT2D eigenvalue weighted by atomic mass is 35.5. The predicted molar refractivity (Wildman–Crippen MR) is 74.5 cm³/mol. The summed E-state index contributed by atoms with van der Waals surface area (Å²) >= 11 is 5.82. The number of aliphatic hydroxyl groups is 1. The molecule has 2 N–H and O–H groups in total. The Balaban J connectivity index is 2.16. The molecule has 0 bridgehead atoms. The molecule has 104 valence electrons. The molecule has 4 heteroatoms. The first-order valence-electron chi connectivity index (χ1n) is 6.71. The molecule has 1 atom stereocenters. The van der Waals surface area contributed by atoms with Crippen LogP contribution in [0.1, 0.15) is 50.0 Å². The second-order valence-corrected chi connectivity index (χ2v) is 5.87. The van der Waals surface area contributed by atoms with Gasteiger partial charge >= 0.3 is 5.97 Å². The van der Waals surface area contributed by atoms with E-state index in [1.807, 2.05) is 0 Å². The van der Waals surface area contributed by atoms with Crippen LogP contribution in [-0.4, -0.2) is 21.8 Å². The van der Waals surface area contributed by atoms with Gasteiger partial charge in [-0.05, 0) is 37.0 Å². The quantitative estimate of drug-likeness (QED) is 0.887. The van der Waals surface area contributed by atoms with Crippen molar-refractivity contribution < 1.29 is 15.0 Å². The summed E-state index contributed by atoms with van der Waals surface area (Å²) in [5.74, 6) is -1.55. The van der Waals surface area contributed by atoms with Gasteiger partial charge in [-0.3, -0.25) is 4.79 Å². The van der Waals surface area contributed by atoms with Crippen molar-refractivity contribution in [3.63, 3.8) is 0 Å². The van der Waals surface area contributed by atoms with Crippen molar-refractivity contribution in [2.45, 2.75) is 50.0 Å². The fourth-order valence-electron chi connectivity index (χ4n) is 2.84. The van der Waals surface area contributed by atoms with Gasteiger partial charge in [0.15, 0.2) is 0 Å². The smallest absolute Gasteiger partial charge is 0.311 e. The molecule has 0 radical (unpaired) electrons. The van der Waals surface area contributed by atoms with Crippen LogP contribution in [0.2, 0.25) is 5.02 Å². The van der Waals surface area contributed by atoms with E-state index in [1.165, 1.54) is 0 Å². The normalized spacial score (nSPS) is 19.9. The van der Waals surface area contributed by atoms with Gasteiger partial charge in [0.05, 0.1) is 11.5 Å². The largest absolute Gasteiger partial charge is 0.481 e. The van der Waals surface area contributed by atoms with Gasteiger partial charge in [-0.2, -0.15) is 0 Å². The van der Waals surface area contributed by atoms with Crippen LogP contribution in [0.3, 0.4) is 0 Å². The highest BCUT2D eigenvalue weighted by molar-refractivity contribution is 6.30. The Morgan fingerprint density at radius 1 is 1.21 bits per heavy atom. The summed E-state index contributed by atoms with van der Waals surface area (Å²) in [4.78, 5) is 11.5. The molecule has 0 saturated heterocycles. The summed E-state index contributed by atoms with van der Waals surface area (Å²) in [6, 6.07) is 6.84. The second kappa shape index (κ2) is 5.93. The number of rotatable bonds is 4. The molecule has 1 aliphatic rings. The van der Waals surface area contributed by atoms with E-state index < -0.39 is 17.5 Å². The van der Waals surface area contributed by atoms with E-state index in [2.05, 4.69) is 0 Å². The Kier molecular flexibility index (Phi) is 4.48. The Labute approximate surface area is 118 Å². The number of halogens is 1. The van der Waals surface area contributed by atoms with Crippen LogP contribution >= 0.6 is 11.6 Å². The van der Waals surface area contributed by atoms with Crippen LogP contribution in [0.4, 0.5) is 0 Å². The van der Waals surface area contributed by atoms with E-state index in [-0.39, 0.29) is 6.42 Å². The van der Waals surface area contributed by atoms with Gasteiger partial charge in [-0.1, -0.05) is 43.0 Å². The van der Waals surface area contributed by atoms with Crippen molar-refractivity contribution >= 4 is 17.6 Å². The van der Waals surface area contributed by atoms with Crippen LogP contribution in [0.25, 0.3) is 0 Å². The van der Waals surface area contributed by atoms with Gasteiger partial charge in [0, 0.05) is 5.02 Å². The number of carboxylic acids is 1. The van der Waals surface area contributed by atoms with Crippen molar-refractivity contribution in [3.05, 3.63) is 34.9 Å². The van der Waals surface area contributed by atoms with Crippen molar-refractivity contribution in [2.24, 2.45) is 0 Å². The van der Waals surface area contributed by atoms with E-state index in [4.69, 9.17) is 11.6 Å². The molecule has 0 aliphatic heterocycles. The lowest BCUT2D eigenvalue weighted by atomic mass is 9.77. The number of aliphatic carboxylic acids is 1. The highest BCUT2D eigenvalue weighted by Gasteiger charge is 2.35.